The molecule has 4 nitrogen and oxygen atoms in total. The molecular weight excluding hydrogens is 190 g/mol. The van der Waals surface area contributed by atoms with Crippen LogP contribution >= 0.6 is 0 Å². The lowest BCUT2D eigenvalue weighted by Crippen LogP contribution is -2.28. The molecule has 2 rings (SSSR count). The predicted molar refractivity (Wildman–Crippen MR) is 58.2 cm³/mol. The van der Waals surface area contributed by atoms with Crippen LogP contribution in [0.25, 0.3) is 0 Å². The van der Waals surface area contributed by atoms with Gasteiger partial charge in [-0.25, -0.2) is 0 Å². The highest BCUT2D eigenvalue weighted by Gasteiger charge is 2.26. The first-order chi connectivity index (χ1) is 7.40. The fraction of sp³-hybridized carbons (Fsp3) is 0.545. The molecule has 2 heterocycles. The standard InChI is InChI=1S/C11H17N3O/c12-4-10-6-14-7-11(10)15-8-9-2-1-3-13-5-9/h1-3,5,10-11,14H,4,6-8,12H2. The lowest BCUT2D eigenvalue weighted by molar-refractivity contribution is 0.0279. The van der Waals surface area contributed by atoms with E-state index in [0.29, 0.717) is 19.1 Å². The van der Waals surface area contributed by atoms with E-state index in [2.05, 4.69) is 10.3 Å². The molecule has 1 aromatic heterocycles. The first-order valence-electron chi connectivity index (χ1n) is 5.31. The Morgan fingerprint density at radius 1 is 1.53 bits per heavy atom. The third kappa shape index (κ3) is 2.75. The molecule has 1 aromatic rings. The molecule has 4 heteroatoms. The van der Waals surface area contributed by atoms with Crippen LogP contribution in [-0.4, -0.2) is 30.7 Å². The summed E-state index contributed by atoms with van der Waals surface area (Å²) in [6.07, 6.45) is 3.85. The van der Waals surface area contributed by atoms with Gasteiger partial charge in [-0.05, 0) is 18.2 Å². The molecule has 2 atom stereocenters. The van der Waals surface area contributed by atoms with E-state index in [1.54, 1.807) is 6.20 Å². The summed E-state index contributed by atoms with van der Waals surface area (Å²) in [5.41, 5.74) is 6.77. The van der Waals surface area contributed by atoms with E-state index in [-0.39, 0.29) is 6.10 Å². The number of nitrogens with one attached hydrogen (secondary N) is 1. The van der Waals surface area contributed by atoms with Crippen molar-refractivity contribution in [1.29, 1.82) is 0 Å². The average molecular weight is 207 g/mol. The Morgan fingerprint density at radius 2 is 2.47 bits per heavy atom. The third-order valence-electron chi connectivity index (χ3n) is 2.77. The molecule has 0 aromatic carbocycles. The number of nitrogens with zero attached hydrogens (tertiary/aromatic N) is 1. The van der Waals surface area contributed by atoms with Crippen LogP contribution in [-0.2, 0) is 11.3 Å². The fourth-order valence-corrected chi connectivity index (χ4v) is 1.83. The Labute approximate surface area is 89.8 Å². The molecule has 0 saturated carbocycles. The normalized spacial score (nSPS) is 25.7. The summed E-state index contributed by atoms with van der Waals surface area (Å²) in [6.45, 7) is 3.18. The van der Waals surface area contributed by atoms with Crippen molar-refractivity contribution in [2.75, 3.05) is 19.6 Å². The zero-order valence-corrected chi connectivity index (χ0v) is 8.73. The number of rotatable bonds is 4. The molecule has 2 unspecified atom stereocenters. The quantitative estimate of drug-likeness (QED) is 0.737. The molecule has 3 N–H and O–H groups in total. The van der Waals surface area contributed by atoms with Crippen LogP contribution in [0.1, 0.15) is 5.56 Å². The molecule has 0 spiro atoms. The largest absolute Gasteiger partial charge is 0.372 e. The van der Waals surface area contributed by atoms with Gasteiger partial charge in [0.05, 0.1) is 12.7 Å². The Morgan fingerprint density at radius 3 is 3.20 bits per heavy atom. The highest BCUT2D eigenvalue weighted by molar-refractivity contribution is 5.06. The molecule has 1 aliphatic rings. The first-order valence-corrected chi connectivity index (χ1v) is 5.31. The van der Waals surface area contributed by atoms with Crippen molar-refractivity contribution in [2.45, 2.75) is 12.7 Å². The number of pyridine rings is 1. The van der Waals surface area contributed by atoms with E-state index in [1.165, 1.54) is 0 Å². The van der Waals surface area contributed by atoms with Crippen molar-refractivity contribution in [2.24, 2.45) is 11.7 Å². The van der Waals surface area contributed by atoms with Crippen molar-refractivity contribution in [3.05, 3.63) is 30.1 Å². The number of aromatic nitrogens is 1. The van der Waals surface area contributed by atoms with Gasteiger partial charge >= 0.3 is 0 Å². The lowest BCUT2D eigenvalue weighted by atomic mass is 10.1. The van der Waals surface area contributed by atoms with E-state index in [1.807, 2.05) is 18.3 Å². The van der Waals surface area contributed by atoms with Crippen LogP contribution in [0.2, 0.25) is 0 Å². The van der Waals surface area contributed by atoms with Gasteiger partial charge in [0.1, 0.15) is 0 Å². The fourth-order valence-electron chi connectivity index (χ4n) is 1.83. The highest BCUT2D eigenvalue weighted by Crippen LogP contribution is 2.13. The van der Waals surface area contributed by atoms with Crippen molar-refractivity contribution < 1.29 is 4.74 Å². The first kappa shape index (κ1) is 10.5. The van der Waals surface area contributed by atoms with Gasteiger partial charge in [-0.15, -0.1) is 0 Å². The van der Waals surface area contributed by atoms with Crippen molar-refractivity contribution in [3.63, 3.8) is 0 Å². The number of hydrogen-bond donors (Lipinski definition) is 2. The van der Waals surface area contributed by atoms with Crippen molar-refractivity contribution in [1.82, 2.24) is 10.3 Å². The Kier molecular flexibility index (Phi) is 3.66. The van der Waals surface area contributed by atoms with Crippen LogP contribution in [0.15, 0.2) is 24.5 Å². The molecule has 1 saturated heterocycles. The van der Waals surface area contributed by atoms with Gasteiger partial charge in [0.25, 0.3) is 0 Å². The van der Waals surface area contributed by atoms with Crippen molar-refractivity contribution in [3.8, 4) is 0 Å². The summed E-state index contributed by atoms with van der Waals surface area (Å²) in [5, 5.41) is 3.29. The summed E-state index contributed by atoms with van der Waals surface area (Å²) in [7, 11) is 0. The molecule has 1 fully saturated rings. The molecular formula is C11H17N3O. The van der Waals surface area contributed by atoms with E-state index in [0.717, 1.165) is 18.7 Å². The second kappa shape index (κ2) is 5.21. The lowest BCUT2D eigenvalue weighted by Gasteiger charge is -2.17. The minimum absolute atomic E-state index is 0.246. The van der Waals surface area contributed by atoms with Crippen LogP contribution in [0.4, 0.5) is 0 Å². The minimum Gasteiger partial charge on any atom is -0.372 e. The van der Waals surface area contributed by atoms with Crippen molar-refractivity contribution >= 4 is 0 Å². The summed E-state index contributed by atoms with van der Waals surface area (Å²) < 4.78 is 5.81. The van der Waals surface area contributed by atoms with Gasteiger partial charge in [0, 0.05) is 31.4 Å². The Balaban J connectivity index is 1.83. The monoisotopic (exact) mass is 207 g/mol. The van der Waals surface area contributed by atoms with Crippen LogP contribution in [0, 0.1) is 5.92 Å². The summed E-state index contributed by atoms with van der Waals surface area (Å²) in [5.74, 6) is 0.446. The van der Waals surface area contributed by atoms with Crippen LogP contribution in [0.5, 0.6) is 0 Å². The van der Waals surface area contributed by atoms with E-state index >= 15 is 0 Å². The van der Waals surface area contributed by atoms with Crippen LogP contribution < -0.4 is 11.1 Å². The Hall–Kier alpha value is -0.970. The highest BCUT2D eigenvalue weighted by atomic mass is 16.5. The zero-order chi connectivity index (χ0) is 10.5. The molecule has 82 valence electrons. The van der Waals surface area contributed by atoms with Gasteiger partial charge in [-0.1, -0.05) is 6.07 Å². The number of hydrogen-bond acceptors (Lipinski definition) is 4. The number of ether oxygens (including phenoxy) is 1. The average Bonchev–Trinajstić information content (AvgIpc) is 2.75. The second-order valence-corrected chi connectivity index (χ2v) is 3.86. The SMILES string of the molecule is NCC1CNCC1OCc1cccnc1. The predicted octanol–water partition coefficient (Wildman–Crippen LogP) is 0.145. The summed E-state index contributed by atoms with van der Waals surface area (Å²) >= 11 is 0. The Bertz CT molecular complexity index is 291. The molecule has 0 aliphatic carbocycles. The second-order valence-electron chi connectivity index (χ2n) is 3.86. The van der Waals surface area contributed by atoms with Gasteiger partial charge < -0.3 is 15.8 Å². The van der Waals surface area contributed by atoms with Gasteiger partial charge in [-0.3, -0.25) is 4.98 Å². The third-order valence-corrected chi connectivity index (χ3v) is 2.77. The van der Waals surface area contributed by atoms with E-state index in [9.17, 15) is 0 Å². The van der Waals surface area contributed by atoms with E-state index < -0.39 is 0 Å². The molecule has 0 amide bonds. The van der Waals surface area contributed by atoms with Crippen LogP contribution in [0.3, 0.4) is 0 Å². The van der Waals surface area contributed by atoms with Gasteiger partial charge in [-0.2, -0.15) is 0 Å². The smallest absolute Gasteiger partial charge is 0.0756 e. The maximum Gasteiger partial charge on any atom is 0.0756 e. The zero-order valence-electron chi connectivity index (χ0n) is 8.73. The van der Waals surface area contributed by atoms with E-state index in [4.69, 9.17) is 10.5 Å². The van der Waals surface area contributed by atoms with Gasteiger partial charge in [0.15, 0.2) is 0 Å². The van der Waals surface area contributed by atoms with Gasteiger partial charge in [0.2, 0.25) is 0 Å². The number of nitrogens with two attached hydrogens (primary N) is 1. The maximum atomic E-state index is 5.81. The molecule has 0 radical (unpaired) electrons. The minimum atomic E-state index is 0.246. The molecule has 1 aliphatic heterocycles. The summed E-state index contributed by atoms with van der Waals surface area (Å²) in [6, 6.07) is 3.94. The molecule has 15 heavy (non-hydrogen) atoms. The topological polar surface area (TPSA) is 60.2 Å². The summed E-state index contributed by atoms with van der Waals surface area (Å²) in [4.78, 5) is 4.05. The molecule has 0 bridgehead atoms. The maximum absolute atomic E-state index is 5.81.